The van der Waals surface area contributed by atoms with Crippen LogP contribution in [0.3, 0.4) is 0 Å². The Morgan fingerprint density at radius 2 is 1.32 bits per heavy atom. The highest BCUT2D eigenvalue weighted by atomic mass is 16.5. The van der Waals surface area contributed by atoms with Crippen LogP contribution >= 0.6 is 0 Å². The number of fused-ring (bicyclic) bond motifs is 3. The van der Waals surface area contributed by atoms with E-state index >= 15 is 0 Å². The average Bonchev–Trinajstić information content (AvgIpc) is 3.27. The molecule has 1 aliphatic rings. The number of aromatic nitrogens is 1. The number of anilines is 1. The SMILES string of the molecule is COc1cc(/C=C2\C(=O)N(CCCCn3c4ccccc4c(=O)c4ccccc43)c3ccccc32)cc(OC)c1O. The van der Waals surface area contributed by atoms with Crippen molar-refractivity contribution < 1.29 is 19.4 Å². The van der Waals surface area contributed by atoms with E-state index < -0.39 is 0 Å². The Hall–Kier alpha value is -5.04. The third kappa shape index (κ3) is 4.59. The topological polar surface area (TPSA) is 81.0 Å². The first-order valence-electron chi connectivity index (χ1n) is 13.6. The molecule has 2 heterocycles. The number of hydrogen-bond donors (Lipinski definition) is 1. The van der Waals surface area contributed by atoms with E-state index in [1.165, 1.54) is 14.2 Å². The van der Waals surface area contributed by atoms with Crippen LogP contribution < -0.4 is 19.8 Å². The molecule has 0 aliphatic carbocycles. The second kappa shape index (κ2) is 10.8. The van der Waals surface area contributed by atoms with Gasteiger partial charge in [0.25, 0.3) is 5.91 Å². The van der Waals surface area contributed by atoms with Crippen molar-refractivity contribution in [3.05, 3.63) is 106 Å². The van der Waals surface area contributed by atoms with E-state index in [-0.39, 0.29) is 28.6 Å². The van der Waals surface area contributed by atoms with E-state index in [9.17, 15) is 14.7 Å². The van der Waals surface area contributed by atoms with Gasteiger partial charge >= 0.3 is 0 Å². The fourth-order valence-corrected chi connectivity index (χ4v) is 5.69. The molecule has 41 heavy (non-hydrogen) atoms. The first kappa shape index (κ1) is 26.2. The maximum Gasteiger partial charge on any atom is 0.258 e. The fraction of sp³-hybridized carbons (Fsp3) is 0.176. The van der Waals surface area contributed by atoms with Gasteiger partial charge < -0.3 is 24.0 Å². The largest absolute Gasteiger partial charge is 0.502 e. The highest BCUT2D eigenvalue weighted by Crippen LogP contribution is 2.41. The molecular weight excluding hydrogens is 516 g/mol. The molecular formula is C34H30N2O5. The molecule has 0 saturated carbocycles. The molecule has 0 radical (unpaired) electrons. The summed E-state index contributed by atoms with van der Waals surface area (Å²) in [6.07, 6.45) is 3.42. The summed E-state index contributed by atoms with van der Waals surface area (Å²) in [4.78, 5) is 28.6. The third-order valence-corrected chi connectivity index (χ3v) is 7.67. The van der Waals surface area contributed by atoms with Gasteiger partial charge in [-0.2, -0.15) is 0 Å². The second-order valence-corrected chi connectivity index (χ2v) is 10.0. The number of rotatable bonds is 8. The number of ether oxygens (including phenoxy) is 2. The van der Waals surface area contributed by atoms with Crippen LogP contribution in [0.5, 0.6) is 17.2 Å². The van der Waals surface area contributed by atoms with E-state index in [0.717, 1.165) is 41.7 Å². The molecule has 4 aromatic carbocycles. The van der Waals surface area contributed by atoms with Crippen LogP contribution in [-0.4, -0.2) is 36.3 Å². The van der Waals surface area contributed by atoms with Gasteiger partial charge in [0.2, 0.25) is 5.75 Å². The summed E-state index contributed by atoms with van der Waals surface area (Å²) in [6.45, 7) is 1.28. The number of unbranched alkanes of at least 4 members (excludes halogenated alkanes) is 1. The molecule has 0 unspecified atom stereocenters. The van der Waals surface area contributed by atoms with Crippen molar-refractivity contribution in [1.29, 1.82) is 0 Å². The quantitative estimate of drug-likeness (QED) is 0.141. The van der Waals surface area contributed by atoms with Crippen molar-refractivity contribution in [2.45, 2.75) is 19.4 Å². The lowest BCUT2D eigenvalue weighted by Crippen LogP contribution is -2.27. The average molecular weight is 547 g/mol. The molecule has 7 nitrogen and oxygen atoms in total. The first-order chi connectivity index (χ1) is 20.0. The molecule has 0 bridgehead atoms. The van der Waals surface area contributed by atoms with E-state index in [2.05, 4.69) is 4.57 Å². The molecule has 0 spiro atoms. The van der Waals surface area contributed by atoms with Crippen LogP contribution in [0.4, 0.5) is 5.69 Å². The van der Waals surface area contributed by atoms with Crippen LogP contribution in [0.25, 0.3) is 33.5 Å². The number of amides is 1. The standard InChI is InChI=1S/C34H30N2O5/c1-40-30-20-22(21-31(41-2)33(30)38)19-26-23-11-3-6-14-27(23)36(34(26)39)18-10-9-17-35-28-15-7-4-12-24(28)32(37)25-13-5-8-16-29(25)35/h3-8,11-16,19-21,38H,9-10,17-18H2,1-2H3/b26-19-. The number of carbonyl (C=O) groups excluding carboxylic acids is 1. The van der Waals surface area contributed by atoms with Gasteiger partial charge in [-0.05, 0) is 66.9 Å². The summed E-state index contributed by atoms with van der Waals surface area (Å²) in [6, 6.07) is 26.6. The van der Waals surface area contributed by atoms with Crippen molar-refractivity contribution >= 4 is 45.0 Å². The molecule has 1 aliphatic heterocycles. The Bertz CT molecular complexity index is 1800. The summed E-state index contributed by atoms with van der Waals surface area (Å²) >= 11 is 0. The highest BCUT2D eigenvalue weighted by Gasteiger charge is 2.31. The third-order valence-electron chi connectivity index (χ3n) is 7.67. The molecule has 5 aromatic rings. The molecule has 206 valence electrons. The number of phenols is 1. The molecule has 1 N–H and O–H groups in total. The summed E-state index contributed by atoms with van der Waals surface area (Å²) < 4.78 is 12.8. The number of benzene rings is 4. The van der Waals surface area contributed by atoms with Crippen molar-refractivity contribution in [2.24, 2.45) is 0 Å². The minimum atomic E-state index is -0.0831. The predicted octanol–water partition coefficient (Wildman–Crippen LogP) is 6.25. The smallest absolute Gasteiger partial charge is 0.258 e. The normalized spacial score (nSPS) is 13.8. The van der Waals surface area contributed by atoms with Gasteiger partial charge in [0.15, 0.2) is 16.9 Å². The van der Waals surface area contributed by atoms with Gasteiger partial charge in [-0.3, -0.25) is 9.59 Å². The number of para-hydroxylation sites is 3. The minimum absolute atomic E-state index is 0.0508. The summed E-state index contributed by atoms with van der Waals surface area (Å²) in [7, 11) is 2.95. The Morgan fingerprint density at radius 1 is 0.756 bits per heavy atom. The molecule has 7 heteroatoms. The van der Waals surface area contributed by atoms with Crippen molar-refractivity contribution in [1.82, 2.24) is 4.57 Å². The monoisotopic (exact) mass is 546 g/mol. The fourth-order valence-electron chi connectivity index (χ4n) is 5.69. The molecule has 1 amide bonds. The minimum Gasteiger partial charge on any atom is -0.502 e. The summed E-state index contributed by atoms with van der Waals surface area (Å²) in [5.41, 5.74) is 4.89. The number of aromatic hydroxyl groups is 1. The van der Waals surface area contributed by atoms with Gasteiger partial charge in [-0.15, -0.1) is 0 Å². The first-order valence-corrected chi connectivity index (χ1v) is 13.6. The van der Waals surface area contributed by atoms with Crippen LogP contribution in [0.2, 0.25) is 0 Å². The number of hydrogen-bond acceptors (Lipinski definition) is 5. The van der Waals surface area contributed by atoms with E-state index in [0.29, 0.717) is 28.5 Å². The molecule has 0 atom stereocenters. The Kier molecular flexibility index (Phi) is 6.93. The lowest BCUT2D eigenvalue weighted by Gasteiger charge is -2.18. The second-order valence-electron chi connectivity index (χ2n) is 10.0. The molecule has 0 fully saturated rings. The molecule has 6 rings (SSSR count). The van der Waals surface area contributed by atoms with E-state index in [4.69, 9.17) is 9.47 Å². The number of pyridine rings is 1. The lowest BCUT2D eigenvalue weighted by atomic mass is 10.0. The van der Waals surface area contributed by atoms with Crippen molar-refractivity contribution in [3.8, 4) is 17.2 Å². The summed E-state index contributed by atoms with van der Waals surface area (Å²) in [5.74, 6) is 0.389. The Balaban J connectivity index is 1.25. The number of methoxy groups -OCH3 is 2. The number of aryl methyl sites for hydroxylation is 1. The number of nitrogens with zero attached hydrogens (tertiary/aromatic N) is 2. The predicted molar refractivity (Wildman–Crippen MR) is 163 cm³/mol. The highest BCUT2D eigenvalue weighted by molar-refractivity contribution is 6.35. The van der Waals surface area contributed by atoms with Gasteiger partial charge in [0.05, 0.1) is 30.9 Å². The maximum atomic E-state index is 13.7. The Morgan fingerprint density at radius 3 is 1.95 bits per heavy atom. The van der Waals surface area contributed by atoms with Crippen molar-refractivity contribution in [2.75, 3.05) is 25.7 Å². The zero-order chi connectivity index (χ0) is 28.5. The maximum absolute atomic E-state index is 13.7. The lowest BCUT2D eigenvalue weighted by molar-refractivity contribution is -0.113. The molecule has 0 saturated heterocycles. The number of carbonyl (C=O) groups is 1. The zero-order valence-electron chi connectivity index (χ0n) is 23.0. The van der Waals surface area contributed by atoms with Crippen LogP contribution in [0.1, 0.15) is 24.0 Å². The zero-order valence-corrected chi connectivity index (χ0v) is 23.0. The van der Waals surface area contributed by atoms with Crippen LogP contribution in [0.15, 0.2) is 89.7 Å². The van der Waals surface area contributed by atoms with Crippen LogP contribution in [-0.2, 0) is 11.3 Å². The van der Waals surface area contributed by atoms with E-state index in [1.807, 2.05) is 83.8 Å². The van der Waals surface area contributed by atoms with Gasteiger partial charge in [-0.1, -0.05) is 42.5 Å². The van der Waals surface area contributed by atoms with Crippen molar-refractivity contribution in [3.63, 3.8) is 0 Å². The van der Waals surface area contributed by atoms with Gasteiger partial charge in [-0.25, -0.2) is 0 Å². The summed E-state index contributed by atoms with van der Waals surface area (Å²) in [5, 5.41) is 11.7. The van der Waals surface area contributed by atoms with Gasteiger partial charge in [0, 0.05) is 35.0 Å². The number of phenolic OH excluding ortho intramolecular Hbond substituents is 1. The Labute approximate surface area is 237 Å². The van der Waals surface area contributed by atoms with Crippen LogP contribution in [0, 0.1) is 0 Å². The van der Waals surface area contributed by atoms with E-state index in [1.54, 1.807) is 12.1 Å². The van der Waals surface area contributed by atoms with Gasteiger partial charge in [0.1, 0.15) is 0 Å². The molecule has 1 aromatic heterocycles.